The molecular weight excluding hydrogens is 280 g/mol. The fourth-order valence-electron chi connectivity index (χ4n) is 1.57. The molecule has 20 heavy (non-hydrogen) atoms. The van der Waals surface area contributed by atoms with Crippen LogP contribution < -0.4 is 10.5 Å². The van der Waals surface area contributed by atoms with Crippen LogP contribution in [0.1, 0.15) is 16.1 Å². The van der Waals surface area contributed by atoms with E-state index in [-0.39, 0.29) is 12.2 Å². The molecule has 1 aromatic carbocycles. The summed E-state index contributed by atoms with van der Waals surface area (Å²) >= 11 is 5.83. The number of methoxy groups -OCH3 is 1. The van der Waals surface area contributed by atoms with Crippen LogP contribution in [0.15, 0.2) is 36.4 Å². The van der Waals surface area contributed by atoms with Crippen molar-refractivity contribution in [3.63, 3.8) is 0 Å². The van der Waals surface area contributed by atoms with Gasteiger partial charge in [-0.05, 0) is 24.3 Å². The van der Waals surface area contributed by atoms with Gasteiger partial charge in [0.05, 0.1) is 18.4 Å². The summed E-state index contributed by atoms with van der Waals surface area (Å²) in [5.41, 5.74) is 6.85. The van der Waals surface area contributed by atoms with E-state index in [0.717, 1.165) is 0 Å². The average molecular weight is 293 g/mol. The molecule has 0 fully saturated rings. The van der Waals surface area contributed by atoms with E-state index in [4.69, 9.17) is 26.8 Å². The van der Waals surface area contributed by atoms with Gasteiger partial charge in [0.15, 0.2) is 0 Å². The second-order valence-electron chi connectivity index (χ2n) is 3.98. The monoisotopic (exact) mass is 292 g/mol. The molecule has 0 saturated carbocycles. The summed E-state index contributed by atoms with van der Waals surface area (Å²) in [6.45, 7) is 0.0297. The van der Waals surface area contributed by atoms with Crippen LogP contribution in [0, 0.1) is 0 Å². The number of pyridine rings is 1. The number of aromatic nitrogens is 1. The SMILES string of the molecule is COc1cccc(COC(=O)c2cc(Cl)ccc2N)n1. The Kier molecular flexibility index (Phi) is 4.42. The van der Waals surface area contributed by atoms with E-state index in [1.807, 2.05) is 0 Å². The molecule has 0 spiro atoms. The Morgan fingerprint density at radius 2 is 2.15 bits per heavy atom. The molecule has 5 nitrogen and oxygen atoms in total. The molecule has 104 valence electrons. The zero-order valence-electron chi connectivity index (χ0n) is 10.8. The molecule has 0 aliphatic rings. The highest BCUT2D eigenvalue weighted by Gasteiger charge is 2.12. The van der Waals surface area contributed by atoms with Gasteiger partial charge in [-0.3, -0.25) is 0 Å². The maximum Gasteiger partial charge on any atom is 0.340 e. The highest BCUT2D eigenvalue weighted by Crippen LogP contribution is 2.19. The summed E-state index contributed by atoms with van der Waals surface area (Å²) in [5.74, 6) is -0.0876. The fraction of sp³-hybridized carbons (Fsp3) is 0.143. The van der Waals surface area contributed by atoms with Crippen molar-refractivity contribution in [1.29, 1.82) is 0 Å². The number of nitrogen functional groups attached to an aromatic ring is 1. The molecular formula is C14H13ClN2O3. The molecule has 0 unspecified atom stereocenters. The van der Waals surface area contributed by atoms with Crippen molar-refractivity contribution in [2.75, 3.05) is 12.8 Å². The lowest BCUT2D eigenvalue weighted by molar-refractivity contribution is 0.0468. The molecule has 2 N–H and O–H groups in total. The van der Waals surface area contributed by atoms with Crippen LogP contribution in [0.4, 0.5) is 5.69 Å². The van der Waals surface area contributed by atoms with Gasteiger partial charge in [0.1, 0.15) is 6.61 Å². The number of hydrogen-bond donors (Lipinski definition) is 1. The Labute approximate surface area is 121 Å². The molecule has 1 aromatic heterocycles. The minimum atomic E-state index is -0.547. The first-order chi connectivity index (χ1) is 9.60. The third-order valence-electron chi connectivity index (χ3n) is 2.58. The zero-order chi connectivity index (χ0) is 14.5. The van der Waals surface area contributed by atoms with Crippen molar-refractivity contribution >= 4 is 23.3 Å². The van der Waals surface area contributed by atoms with Gasteiger partial charge >= 0.3 is 5.97 Å². The van der Waals surface area contributed by atoms with Crippen LogP contribution in [-0.2, 0) is 11.3 Å². The normalized spacial score (nSPS) is 10.1. The van der Waals surface area contributed by atoms with E-state index in [9.17, 15) is 4.79 Å². The predicted molar refractivity (Wildman–Crippen MR) is 75.8 cm³/mol. The van der Waals surface area contributed by atoms with Crippen molar-refractivity contribution in [3.05, 3.63) is 52.7 Å². The number of rotatable bonds is 4. The second-order valence-corrected chi connectivity index (χ2v) is 4.42. The van der Waals surface area contributed by atoms with E-state index in [2.05, 4.69) is 4.98 Å². The number of esters is 1. The predicted octanol–water partition coefficient (Wildman–Crippen LogP) is 2.68. The first-order valence-corrected chi connectivity index (χ1v) is 6.20. The molecule has 0 aliphatic carbocycles. The van der Waals surface area contributed by atoms with Gasteiger partial charge < -0.3 is 15.2 Å². The molecule has 1 heterocycles. The number of halogens is 1. The van der Waals surface area contributed by atoms with Gasteiger partial charge in [-0.2, -0.15) is 0 Å². The number of hydrogen-bond acceptors (Lipinski definition) is 5. The summed E-state index contributed by atoms with van der Waals surface area (Å²) in [6, 6.07) is 9.85. The maximum absolute atomic E-state index is 11.9. The van der Waals surface area contributed by atoms with Gasteiger partial charge in [-0.15, -0.1) is 0 Å². The minimum Gasteiger partial charge on any atom is -0.481 e. The number of carbonyl (C=O) groups excluding carboxylic acids is 1. The highest BCUT2D eigenvalue weighted by molar-refractivity contribution is 6.31. The van der Waals surface area contributed by atoms with Gasteiger partial charge in [0.25, 0.3) is 0 Å². The van der Waals surface area contributed by atoms with Gasteiger partial charge in [0.2, 0.25) is 5.88 Å². The van der Waals surface area contributed by atoms with Crippen LogP contribution in [0.5, 0.6) is 5.88 Å². The van der Waals surface area contributed by atoms with E-state index < -0.39 is 5.97 Å². The Hall–Kier alpha value is -2.27. The first-order valence-electron chi connectivity index (χ1n) is 5.82. The third-order valence-corrected chi connectivity index (χ3v) is 2.81. The van der Waals surface area contributed by atoms with E-state index in [1.54, 1.807) is 30.3 Å². The molecule has 0 aliphatic heterocycles. The lowest BCUT2D eigenvalue weighted by Crippen LogP contribution is -2.09. The maximum atomic E-state index is 11.9. The van der Waals surface area contributed by atoms with E-state index in [0.29, 0.717) is 22.3 Å². The minimum absolute atomic E-state index is 0.0297. The highest BCUT2D eigenvalue weighted by atomic mass is 35.5. The average Bonchev–Trinajstić information content (AvgIpc) is 2.47. The van der Waals surface area contributed by atoms with Gasteiger partial charge in [-0.1, -0.05) is 17.7 Å². The van der Waals surface area contributed by atoms with E-state index >= 15 is 0 Å². The van der Waals surface area contributed by atoms with Crippen LogP contribution in [-0.4, -0.2) is 18.1 Å². The van der Waals surface area contributed by atoms with Crippen LogP contribution in [0.2, 0.25) is 5.02 Å². The Morgan fingerprint density at radius 3 is 2.90 bits per heavy atom. The summed E-state index contributed by atoms with van der Waals surface area (Å²) < 4.78 is 10.1. The fourth-order valence-corrected chi connectivity index (χ4v) is 1.75. The molecule has 0 saturated heterocycles. The zero-order valence-corrected chi connectivity index (χ0v) is 11.6. The van der Waals surface area contributed by atoms with Crippen LogP contribution in [0.25, 0.3) is 0 Å². The lowest BCUT2D eigenvalue weighted by atomic mass is 10.2. The molecule has 2 rings (SSSR count). The largest absolute Gasteiger partial charge is 0.481 e. The lowest BCUT2D eigenvalue weighted by Gasteiger charge is -2.07. The third kappa shape index (κ3) is 3.39. The van der Waals surface area contributed by atoms with Crippen LogP contribution >= 0.6 is 11.6 Å². The summed E-state index contributed by atoms with van der Waals surface area (Å²) in [7, 11) is 1.52. The van der Waals surface area contributed by atoms with Crippen molar-refractivity contribution in [2.24, 2.45) is 0 Å². The number of anilines is 1. The Balaban J connectivity index is 2.06. The number of carbonyl (C=O) groups is 1. The quantitative estimate of drug-likeness (QED) is 0.693. The number of ether oxygens (including phenoxy) is 2. The number of nitrogens with two attached hydrogens (primary N) is 1. The standard InChI is InChI=1S/C14H13ClN2O3/c1-19-13-4-2-3-10(17-13)8-20-14(18)11-7-9(15)5-6-12(11)16/h2-7H,8,16H2,1H3. The molecule has 0 amide bonds. The Bertz CT molecular complexity index is 632. The molecule has 2 aromatic rings. The first kappa shape index (κ1) is 14.1. The van der Waals surface area contributed by atoms with Gasteiger partial charge in [-0.25, -0.2) is 9.78 Å². The van der Waals surface area contributed by atoms with Crippen molar-refractivity contribution in [1.82, 2.24) is 4.98 Å². The second kappa shape index (κ2) is 6.25. The van der Waals surface area contributed by atoms with Crippen molar-refractivity contribution < 1.29 is 14.3 Å². The van der Waals surface area contributed by atoms with Gasteiger partial charge in [0, 0.05) is 16.8 Å². The summed E-state index contributed by atoms with van der Waals surface area (Å²) in [5, 5.41) is 0.422. The van der Waals surface area contributed by atoms with Crippen molar-refractivity contribution in [3.8, 4) is 5.88 Å². The topological polar surface area (TPSA) is 74.4 Å². The van der Waals surface area contributed by atoms with Crippen LogP contribution in [0.3, 0.4) is 0 Å². The summed E-state index contributed by atoms with van der Waals surface area (Å²) in [4.78, 5) is 16.1. The number of nitrogens with zero attached hydrogens (tertiary/aromatic N) is 1. The summed E-state index contributed by atoms with van der Waals surface area (Å²) in [6.07, 6.45) is 0. The van der Waals surface area contributed by atoms with E-state index in [1.165, 1.54) is 13.2 Å². The molecule has 0 radical (unpaired) electrons. The molecule has 0 bridgehead atoms. The van der Waals surface area contributed by atoms with Crippen molar-refractivity contribution in [2.45, 2.75) is 6.61 Å². The smallest absolute Gasteiger partial charge is 0.340 e. The Morgan fingerprint density at radius 1 is 1.35 bits per heavy atom. The molecule has 6 heteroatoms. The number of benzene rings is 1. The molecule has 0 atom stereocenters.